The normalized spacial score (nSPS) is 12.2. The average Bonchev–Trinajstić information content (AvgIpc) is 3.80. The number of tetrazole rings is 1. The van der Waals surface area contributed by atoms with Crippen molar-refractivity contribution in [2.24, 2.45) is 5.10 Å². The van der Waals surface area contributed by atoms with E-state index in [2.05, 4.69) is 36.7 Å². The van der Waals surface area contributed by atoms with Gasteiger partial charge in [0.15, 0.2) is 5.84 Å². The van der Waals surface area contributed by atoms with E-state index in [1.807, 2.05) is 48.5 Å². The van der Waals surface area contributed by atoms with Crippen molar-refractivity contribution in [1.82, 2.24) is 35.9 Å². The Morgan fingerprint density at radius 1 is 0.685 bits per heavy atom. The second-order valence-electron chi connectivity index (χ2n) is 11.7. The lowest BCUT2D eigenvalue weighted by Crippen LogP contribution is -2.46. The number of hydrogen-bond donors (Lipinski definition) is 3. The van der Waals surface area contributed by atoms with E-state index < -0.39 is 0 Å². The number of nitrogens with one attached hydrogen (secondary N) is 3. The minimum atomic E-state index is -0.293. The molecule has 0 aliphatic carbocycles. The van der Waals surface area contributed by atoms with Gasteiger partial charge in [0.2, 0.25) is 17.6 Å². The van der Waals surface area contributed by atoms with Gasteiger partial charge in [0.05, 0.1) is 27.4 Å². The number of carbonyl (C=O) groups excluding carboxylic acids is 2. The molecule has 0 saturated heterocycles. The molecule has 1 aliphatic rings. The molecule has 0 fully saturated rings. The third kappa shape index (κ3) is 10.4. The first-order chi connectivity index (χ1) is 26.3. The van der Waals surface area contributed by atoms with E-state index in [9.17, 15) is 9.59 Å². The second-order valence-corrected chi connectivity index (χ2v) is 11.7. The molecule has 0 saturated carbocycles. The Labute approximate surface area is 311 Å². The van der Waals surface area contributed by atoms with Crippen LogP contribution in [0, 0.1) is 0 Å². The summed E-state index contributed by atoms with van der Waals surface area (Å²) < 4.78 is 27.7. The van der Waals surface area contributed by atoms with Crippen LogP contribution >= 0.6 is 0 Å². The van der Waals surface area contributed by atoms with Gasteiger partial charge in [-0.05, 0) is 78.0 Å². The number of rotatable bonds is 18. The van der Waals surface area contributed by atoms with Crippen LogP contribution in [0.1, 0.15) is 5.56 Å². The first kappa shape index (κ1) is 37.1. The van der Waals surface area contributed by atoms with Gasteiger partial charge in [0.25, 0.3) is 0 Å². The summed E-state index contributed by atoms with van der Waals surface area (Å²) in [4.78, 5) is 26.4. The van der Waals surface area contributed by atoms with Crippen LogP contribution in [0.5, 0.6) is 23.0 Å². The van der Waals surface area contributed by atoms with Crippen LogP contribution in [0.15, 0.2) is 102 Å². The fourth-order valence-electron chi connectivity index (χ4n) is 5.20. The zero-order valence-corrected chi connectivity index (χ0v) is 30.0. The van der Waals surface area contributed by atoms with Crippen molar-refractivity contribution in [3.63, 3.8) is 0 Å². The van der Waals surface area contributed by atoms with Crippen LogP contribution in [-0.4, -0.2) is 102 Å². The van der Waals surface area contributed by atoms with Crippen molar-refractivity contribution in [2.75, 3.05) is 64.9 Å². The highest BCUT2D eigenvalue weighted by molar-refractivity contribution is 6.02. The summed E-state index contributed by atoms with van der Waals surface area (Å²) in [5.41, 5.74) is 5.83. The van der Waals surface area contributed by atoms with Crippen LogP contribution in [0.25, 0.3) is 11.4 Å². The van der Waals surface area contributed by atoms with Crippen molar-refractivity contribution in [3.05, 3.63) is 103 Å². The number of methoxy groups -OCH3 is 2. The number of hydrazine groups is 2. The molecule has 0 unspecified atom stereocenters. The Balaban J connectivity index is 0.869. The maximum Gasteiger partial charge on any atom is 0.248 e. The lowest BCUT2D eigenvalue weighted by atomic mass is 10.2. The molecular weight excluding hydrogens is 696 g/mol. The molecule has 0 spiro atoms. The molecule has 0 bridgehead atoms. The number of anilines is 2. The Hall–Kier alpha value is -6.72. The lowest BCUT2D eigenvalue weighted by molar-refractivity contribution is -0.118. The fourth-order valence-corrected chi connectivity index (χ4v) is 5.20. The molecule has 0 radical (unpaired) electrons. The number of ether oxygens (including phenoxy) is 5. The minimum absolute atomic E-state index is 0.0300. The highest BCUT2D eigenvalue weighted by Crippen LogP contribution is 2.21. The molecule has 17 heteroatoms. The number of nitrogens with zero attached hydrogens (tertiary/aromatic N) is 7. The molecule has 4 aromatic carbocycles. The summed E-state index contributed by atoms with van der Waals surface area (Å²) in [6.45, 7) is 1.39. The number of carbonyl (C=O) groups is 2. The van der Waals surface area contributed by atoms with Crippen LogP contribution in [-0.2, 0) is 20.9 Å². The molecule has 6 rings (SSSR count). The van der Waals surface area contributed by atoms with E-state index >= 15 is 0 Å². The highest BCUT2D eigenvalue weighted by Gasteiger charge is 2.24. The number of hydrogen-bond acceptors (Lipinski definition) is 14. The number of benzene rings is 4. The van der Waals surface area contributed by atoms with E-state index in [1.165, 1.54) is 9.91 Å². The second kappa shape index (κ2) is 18.2. The molecule has 2 heterocycles. The van der Waals surface area contributed by atoms with E-state index in [1.54, 1.807) is 74.8 Å². The van der Waals surface area contributed by atoms with Crippen molar-refractivity contribution in [2.45, 2.75) is 6.54 Å². The maximum atomic E-state index is 12.8. The molecule has 0 atom stereocenters. The number of hydrazone groups is 1. The van der Waals surface area contributed by atoms with Gasteiger partial charge in [0, 0.05) is 41.7 Å². The Kier molecular flexibility index (Phi) is 12.5. The monoisotopic (exact) mass is 736 g/mol. The van der Waals surface area contributed by atoms with Crippen molar-refractivity contribution >= 4 is 29.0 Å². The standard InChI is InChI=1S/C37H40N10O7/c1-45-42-37(46(44-45)24-34(48)38-28-6-4-8-32(22-28)50-2)27-12-16-31(17-13-27)54-21-19-52-18-20-53-30-14-10-26(11-15-30)36-40-43-47(41-36)25-35(49)39-29-7-5-9-33(23-29)51-3/h4-17,22-23,44H,18-21,24-25H2,1-3H3,(H,38,48)(H,39,49). The van der Waals surface area contributed by atoms with Crippen molar-refractivity contribution in [3.8, 4) is 34.4 Å². The van der Waals surface area contributed by atoms with Crippen LogP contribution < -0.4 is 35.1 Å². The van der Waals surface area contributed by atoms with Gasteiger partial charge in [-0.15, -0.1) is 20.8 Å². The van der Waals surface area contributed by atoms with Crippen molar-refractivity contribution < 1.29 is 33.3 Å². The third-order valence-electron chi connectivity index (χ3n) is 7.73. The van der Waals surface area contributed by atoms with Crippen LogP contribution in [0.4, 0.5) is 11.4 Å². The van der Waals surface area contributed by atoms with Crippen LogP contribution in [0.2, 0.25) is 0 Å². The molecule has 17 nitrogen and oxygen atoms in total. The van der Waals surface area contributed by atoms with E-state index in [0.29, 0.717) is 72.5 Å². The molecule has 280 valence electrons. The van der Waals surface area contributed by atoms with E-state index in [4.69, 9.17) is 23.7 Å². The Bertz CT molecular complexity index is 2040. The summed E-state index contributed by atoms with van der Waals surface area (Å²) in [7, 11) is 4.89. The van der Waals surface area contributed by atoms with Gasteiger partial charge < -0.3 is 34.3 Å². The minimum Gasteiger partial charge on any atom is -0.497 e. The highest BCUT2D eigenvalue weighted by atomic mass is 16.5. The van der Waals surface area contributed by atoms with Gasteiger partial charge in [-0.2, -0.15) is 4.80 Å². The van der Waals surface area contributed by atoms with E-state index in [0.717, 1.165) is 11.1 Å². The predicted molar refractivity (Wildman–Crippen MR) is 199 cm³/mol. The fraction of sp³-hybridized carbons (Fsp3) is 0.243. The van der Waals surface area contributed by atoms with E-state index in [-0.39, 0.29) is 24.9 Å². The maximum absolute atomic E-state index is 12.8. The summed E-state index contributed by atoms with van der Waals surface area (Å²) >= 11 is 0. The average molecular weight is 737 g/mol. The molecule has 1 aromatic heterocycles. The van der Waals surface area contributed by atoms with Gasteiger partial charge in [-0.25, -0.2) is 5.12 Å². The van der Waals surface area contributed by atoms with Crippen molar-refractivity contribution in [1.29, 1.82) is 0 Å². The number of amidine groups is 1. The first-order valence-corrected chi connectivity index (χ1v) is 16.9. The summed E-state index contributed by atoms with van der Waals surface area (Å²) in [6.07, 6.45) is 0. The van der Waals surface area contributed by atoms with Gasteiger partial charge in [0.1, 0.15) is 49.3 Å². The zero-order valence-electron chi connectivity index (χ0n) is 30.0. The van der Waals surface area contributed by atoms with Gasteiger partial charge in [-0.1, -0.05) is 12.1 Å². The summed E-state index contributed by atoms with van der Waals surface area (Å²) in [5, 5.41) is 25.7. The van der Waals surface area contributed by atoms with Gasteiger partial charge in [-0.3, -0.25) is 14.6 Å². The van der Waals surface area contributed by atoms with Gasteiger partial charge >= 0.3 is 0 Å². The molecule has 1 aliphatic heterocycles. The molecule has 2 amide bonds. The smallest absolute Gasteiger partial charge is 0.248 e. The Morgan fingerprint density at radius 2 is 1.24 bits per heavy atom. The predicted octanol–water partition coefficient (Wildman–Crippen LogP) is 3.44. The SMILES string of the molecule is COc1cccc(NC(=O)CN2NN(C)N=C2c2ccc(OCCOCCOc3ccc(-c4nnn(CC(=O)Nc5cccc(OC)c5)n4)cc3)cc2)c1. The summed E-state index contributed by atoms with van der Waals surface area (Å²) in [5.74, 6) is 3.10. The summed E-state index contributed by atoms with van der Waals surface area (Å²) in [6, 6.07) is 28.9. The Morgan fingerprint density at radius 3 is 1.81 bits per heavy atom. The first-order valence-electron chi connectivity index (χ1n) is 16.9. The molecule has 54 heavy (non-hydrogen) atoms. The number of aromatic nitrogens is 4. The molecule has 5 aromatic rings. The topological polar surface area (TPSA) is 179 Å². The number of amides is 2. The zero-order chi connectivity index (χ0) is 37.7. The molecule has 3 N–H and O–H groups in total. The third-order valence-corrected chi connectivity index (χ3v) is 7.73. The molecular formula is C37H40N10O7. The quantitative estimate of drug-likeness (QED) is 0.112. The van der Waals surface area contributed by atoms with Crippen LogP contribution in [0.3, 0.4) is 0 Å². The largest absolute Gasteiger partial charge is 0.497 e. The lowest BCUT2D eigenvalue weighted by Gasteiger charge is -2.20.